The van der Waals surface area contributed by atoms with Crippen molar-refractivity contribution >= 4 is 17.7 Å². The van der Waals surface area contributed by atoms with Crippen molar-refractivity contribution in [3.8, 4) is 0 Å². The number of carbonyl (C=O) groups excluding carboxylic acids is 1. The van der Waals surface area contributed by atoms with Crippen LogP contribution in [0.25, 0.3) is 0 Å². The van der Waals surface area contributed by atoms with Crippen molar-refractivity contribution in [2.75, 3.05) is 25.1 Å². The van der Waals surface area contributed by atoms with Gasteiger partial charge in [0.25, 0.3) is 0 Å². The molecule has 2 heterocycles. The van der Waals surface area contributed by atoms with Gasteiger partial charge in [0, 0.05) is 55.9 Å². The van der Waals surface area contributed by atoms with Gasteiger partial charge in [-0.3, -0.25) is 9.89 Å². The van der Waals surface area contributed by atoms with Crippen molar-refractivity contribution in [1.82, 2.24) is 20.4 Å². The van der Waals surface area contributed by atoms with E-state index in [0.717, 1.165) is 23.6 Å². The van der Waals surface area contributed by atoms with Gasteiger partial charge in [-0.05, 0) is 0 Å². The first-order chi connectivity index (χ1) is 8.25. The minimum atomic E-state index is 0.186. The van der Waals surface area contributed by atoms with E-state index in [1.807, 2.05) is 25.0 Å². The molecule has 0 bridgehead atoms. The Hall–Kier alpha value is -1.01. The summed E-state index contributed by atoms with van der Waals surface area (Å²) in [6.07, 6.45) is 4.15. The number of thioether (sulfide) groups is 1. The number of amides is 1. The fraction of sp³-hybridized carbons (Fsp3) is 0.636. The molecule has 1 aliphatic heterocycles. The average molecular weight is 254 g/mol. The molecule has 0 aliphatic carbocycles. The maximum Gasteiger partial charge on any atom is 0.224 e. The largest absolute Gasteiger partial charge is 0.341 e. The van der Waals surface area contributed by atoms with Crippen LogP contribution in [0, 0.1) is 0 Å². The first-order valence-corrected chi connectivity index (χ1v) is 6.94. The number of aromatic nitrogens is 2. The molecule has 1 fully saturated rings. The van der Waals surface area contributed by atoms with Gasteiger partial charge in [0.05, 0.1) is 6.20 Å². The van der Waals surface area contributed by atoms with E-state index in [4.69, 9.17) is 0 Å². The summed E-state index contributed by atoms with van der Waals surface area (Å²) in [6.45, 7) is 1.63. The molecule has 94 valence electrons. The van der Waals surface area contributed by atoms with Crippen LogP contribution < -0.4 is 5.32 Å². The molecule has 1 aromatic heterocycles. The lowest BCUT2D eigenvalue weighted by Crippen LogP contribution is -2.41. The topological polar surface area (TPSA) is 61.0 Å². The molecule has 0 aromatic carbocycles. The van der Waals surface area contributed by atoms with Crippen molar-refractivity contribution in [1.29, 1.82) is 0 Å². The van der Waals surface area contributed by atoms with Crippen LogP contribution in [0.5, 0.6) is 0 Å². The number of aromatic amines is 1. The minimum Gasteiger partial charge on any atom is -0.341 e. The molecular weight excluding hydrogens is 236 g/mol. The highest BCUT2D eigenvalue weighted by molar-refractivity contribution is 7.99. The van der Waals surface area contributed by atoms with Gasteiger partial charge in [0.1, 0.15) is 0 Å². The van der Waals surface area contributed by atoms with E-state index < -0.39 is 0 Å². The summed E-state index contributed by atoms with van der Waals surface area (Å²) >= 11 is 1.91. The smallest absolute Gasteiger partial charge is 0.224 e. The van der Waals surface area contributed by atoms with Gasteiger partial charge in [-0.15, -0.1) is 0 Å². The number of hydrogen-bond donors (Lipinski definition) is 2. The zero-order chi connectivity index (χ0) is 12.1. The van der Waals surface area contributed by atoms with Gasteiger partial charge in [-0.1, -0.05) is 0 Å². The van der Waals surface area contributed by atoms with Crippen molar-refractivity contribution in [3.05, 3.63) is 18.0 Å². The molecule has 0 radical (unpaired) electrons. The number of nitrogens with one attached hydrogen (secondary N) is 2. The molecule has 1 amide bonds. The van der Waals surface area contributed by atoms with Gasteiger partial charge in [0.2, 0.25) is 5.91 Å². The van der Waals surface area contributed by atoms with E-state index in [1.54, 1.807) is 11.1 Å². The van der Waals surface area contributed by atoms with Crippen molar-refractivity contribution in [2.45, 2.75) is 19.0 Å². The predicted molar refractivity (Wildman–Crippen MR) is 68.8 cm³/mol. The molecule has 1 atom stereocenters. The summed E-state index contributed by atoms with van der Waals surface area (Å²) < 4.78 is 0. The Morgan fingerprint density at radius 1 is 1.71 bits per heavy atom. The van der Waals surface area contributed by atoms with Crippen LogP contribution in [0.2, 0.25) is 0 Å². The second kappa shape index (κ2) is 6.07. The molecule has 0 spiro atoms. The maximum atomic E-state index is 12.0. The Morgan fingerprint density at radius 3 is 3.24 bits per heavy atom. The van der Waals surface area contributed by atoms with Crippen molar-refractivity contribution in [2.24, 2.45) is 0 Å². The van der Waals surface area contributed by atoms with Crippen molar-refractivity contribution in [3.63, 3.8) is 0 Å². The van der Waals surface area contributed by atoms with E-state index in [-0.39, 0.29) is 5.91 Å². The Bertz CT molecular complexity index is 348. The molecule has 2 N–H and O–H groups in total. The molecular formula is C11H18N4OS. The maximum absolute atomic E-state index is 12.0. The summed E-state index contributed by atoms with van der Waals surface area (Å²) in [5.74, 6) is 2.37. The summed E-state index contributed by atoms with van der Waals surface area (Å²) in [5.41, 5.74) is 1.03. The van der Waals surface area contributed by atoms with Gasteiger partial charge >= 0.3 is 0 Å². The average Bonchev–Trinajstić information content (AvgIpc) is 2.83. The zero-order valence-corrected chi connectivity index (χ0v) is 10.8. The molecule has 1 unspecified atom stereocenters. The van der Waals surface area contributed by atoms with Crippen LogP contribution in [0.1, 0.15) is 12.0 Å². The van der Waals surface area contributed by atoms with Crippen LogP contribution in [0.3, 0.4) is 0 Å². The van der Waals surface area contributed by atoms with Gasteiger partial charge in [0.15, 0.2) is 0 Å². The van der Waals surface area contributed by atoms with Crippen LogP contribution in [0.4, 0.5) is 0 Å². The van der Waals surface area contributed by atoms with Gasteiger partial charge in [-0.2, -0.15) is 16.9 Å². The third-order valence-electron chi connectivity index (χ3n) is 2.82. The highest BCUT2D eigenvalue weighted by atomic mass is 32.2. The predicted octanol–water partition coefficient (Wildman–Crippen LogP) is 0.463. The van der Waals surface area contributed by atoms with E-state index in [0.29, 0.717) is 19.0 Å². The molecule has 2 rings (SSSR count). The second-order valence-electron chi connectivity index (χ2n) is 4.29. The molecule has 6 heteroatoms. The van der Waals surface area contributed by atoms with E-state index in [9.17, 15) is 4.79 Å². The van der Waals surface area contributed by atoms with Gasteiger partial charge < -0.3 is 10.2 Å². The molecule has 1 aromatic rings. The second-order valence-corrected chi connectivity index (χ2v) is 5.44. The van der Waals surface area contributed by atoms with Crippen LogP contribution >= 0.6 is 11.8 Å². The normalized spacial score (nSPS) is 20.2. The standard InChI is InChI=1S/C11H18N4OS/c1-15(7-9-5-13-14-6-9)11(16)4-10-8-17-3-2-12-10/h5-6,10,12H,2-4,7-8H2,1H3,(H,13,14). The number of rotatable bonds is 4. The van der Waals surface area contributed by atoms with Gasteiger partial charge in [-0.25, -0.2) is 0 Å². The third-order valence-corrected chi connectivity index (χ3v) is 3.95. The fourth-order valence-electron chi connectivity index (χ4n) is 1.84. The molecule has 0 saturated carbocycles. The van der Waals surface area contributed by atoms with Crippen LogP contribution in [-0.4, -0.2) is 52.1 Å². The Labute approximate surface area is 105 Å². The Balaban J connectivity index is 1.78. The monoisotopic (exact) mass is 254 g/mol. The highest BCUT2D eigenvalue weighted by Crippen LogP contribution is 2.12. The van der Waals surface area contributed by atoms with Crippen LogP contribution in [0.15, 0.2) is 12.4 Å². The lowest BCUT2D eigenvalue weighted by Gasteiger charge is -2.25. The first-order valence-electron chi connectivity index (χ1n) is 5.78. The first kappa shape index (κ1) is 12.4. The Morgan fingerprint density at radius 2 is 2.59 bits per heavy atom. The molecule has 1 aliphatic rings. The quantitative estimate of drug-likeness (QED) is 0.819. The molecule has 1 saturated heterocycles. The SMILES string of the molecule is CN(Cc1cn[nH]c1)C(=O)CC1CSCCN1. The molecule has 5 nitrogen and oxygen atoms in total. The number of H-pyrrole nitrogens is 1. The lowest BCUT2D eigenvalue weighted by atomic mass is 10.2. The van der Waals surface area contributed by atoms with Crippen molar-refractivity contribution < 1.29 is 4.79 Å². The molecule has 17 heavy (non-hydrogen) atoms. The fourth-order valence-corrected chi connectivity index (χ4v) is 2.79. The summed E-state index contributed by atoms with van der Waals surface area (Å²) in [7, 11) is 1.84. The minimum absolute atomic E-state index is 0.186. The summed E-state index contributed by atoms with van der Waals surface area (Å²) in [6, 6.07) is 0.327. The number of hydrogen-bond acceptors (Lipinski definition) is 4. The van der Waals surface area contributed by atoms with E-state index in [1.165, 1.54) is 0 Å². The summed E-state index contributed by atoms with van der Waals surface area (Å²) in [5, 5.41) is 10.0. The van der Waals surface area contributed by atoms with Crippen LogP contribution in [-0.2, 0) is 11.3 Å². The zero-order valence-electron chi connectivity index (χ0n) is 9.98. The third kappa shape index (κ3) is 3.74. The Kier molecular flexibility index (Phi) is 4.44. The highest BCUT2D eigenvalue weighted by Gasteiger charge is 2.19. The van der Waals surface area contributed by atoms with E-state index in [2.05, 4.69) is 15.5 Å². The number of carbonyl (C=O) groups is 1. The number of nitrogens with zero attached hydrogens (tertiary/aromatic N) is 2. The van der Waals surface area contributed by atoms with E-state index >= 15 is 0 Å². The lowest BCUT2D eigenvalue weighted by molar-refractivity contribution is -0.130. The summed E-state index contributed by atoms with van der Waals surface area (Å²) in [4.78, 5) is 13.7.